The van der Waals surface area contributed by atoms with Gasteiger partial charge in [-0.3, -0.25) is 4.98 Å². The minimum absolute atomic E-state index is 0.380. The fourth-order valence-electron chi connectivity index (χ4n) is 1.92. The number of rotatable bonds is 7. The normalized spacial score (nSPS) is 12.4. The molecule has 17 heavy (non-hydrogen) atoms. The first kappa shape index (κ1) is 13.9. The van der Waals surface area contributed by atoms with E-state index in [-0.39, 0.29) is 0 Å². The SMILES string of the molecule is C=C(CC)CC(NCCC)c1ccncc1C. The van der Waals surface area contributed by atoms with E-state index in [9.17, 15) is 0 Å². The Balaban J connectivity index is 2.81. The van der Waals surface area contributed by atoms with E-state index < -0.39 is 0 Å². The standard InChI is InChI=1S/C15H24N2/c1-5-8-17-15(10-12(3)6-2)14-7-9-16-11-13(14)4/h7,9,11,15,17H,3,5-6,8,10H2,1-2,4H3. The molecule has 1 aromatic rings. The Labute approximate surface area is 105 Å². The molecule has 0 bridgehead atoms. The van der Waals surface area contributed by atoms with E-state index >= 15 is 0 Å². The topological polar surface area (TPSA) is 24.9 Å². The van der Waals surface area contributed by atoms with Gasteiger partial charge in [-0.1, -0.05) is 26.0 Å². The predicted octanol–water partition coefficient (Wildman–Crippen LogP) is 3.79. The molecule has 0 spiro atoms. The van der Waals surface area contributed by atoms with Gasteiger partial charge in [0.25, 0.3) is 0 Å². The van der Waals surface area contributed by atoms with Crippen molar-refractivity contribution in [3.05, 3.63) is 41.7 Å². The van der Waals surface area contributed by atoms with Crippen molar-refractivity contribution in [2.45, 2.75) is 46.1 Å². The Morgan fingerprint density at radius 3 is 2.82 bits per heavy atom. The van der Waals surface area contributed by atoms with Crippen molar-refractivity contribution < 1.29 is 0 Å². The summed E-state index contributed by atoms with van der Waals surface area (Å²) in [6.45, 7) is 11.6. The Morgan fingerprint density at radius 2 is 2.24 bits per heavy atom. The van der Waals surface area contributed by atoms with Crippen LogP contribution < -0.4 is 5.32 Å². The van der Waals surface area contributed by atoms with Crippen molar-refractivity contribution in [3.63, 3.8) is 0 Å². The zero-order valence-electron chi connectivity index (χ0n) is 11.3. The van der Waals surface area contributed by atoms with E-state index in [0.717, 1.165) is 25.8 Å². The minimum Gasteiger partial charge on any atom is -0.310 e. The molecule has 0 amide bonds. The molecule has 0 aliphatic rings. The van der Waals surface area contributed by atoms with Gasteiger partial charge in [0.1, 0.15) is 0 Å². The maximum Gasteiger partial charge on any atom is 0.0361 e. The summed E-state index contributed by atoms with van der Waals surface area (Å²) >= 11 is 0. The van der Waals surface area contributed by atoms with Gasteiger partial charge in [0.05, 0.1) is 0 Å². The molecule has 1 rings (SSSR count). The van der Waals surface area contributed by atoms with Gasteiger partial charge < -0.3 is 5.32 Å². The number of aromatic nitrogens is 1. The molecule has 1 atom stereocenters. The van der Waals surface area contributed by atoms with Crippen molar-refractivity contribution in [2.75, 3.05) is 6.54 Å². The van der Waals surface area contributed by atoms with Crippen LogP contribution in [-0.4, -0.2) is 11.5 Å². The van der Waals surface area contributed by atoms with Crippen LogP contribution in [-0.2, 0) is 0 Å². The third kappa shape index (κ3) is 4.31. The molecular weight excluding hydrogens is 208 g/mol. The Morgan fingerprint density at radius 1 is 1.47 bits per heavy atom. The molecule has 0 saturated heterocycles. The minimum atomic E-state index is 0.380. The van der Waals surface area contributed by atoms with Crippen molar-refractivity contribution in [2.24, 2.45) is 0 Å². The lowest BCUT2D eigenvalue weighted by Gasteiger charge is -2.21. The predicted molar refractivity (Wildman–Crippen MR) is 74.1 cm³/mol. The van der Waals surface area contributed by atoms with Crippen LogP contribution >= 0.6 is 0 Å². The number of nitrogens with one attached hydrogen (secondary N) is 1. The quantitative estimate of drug-likeness (QED) is 0.724. The number of aryl methyl sites for hydroxylation is 1. The molecule has 1 N–H and O–H groups in total. The van der Waals surface area contributed by atoms with Gasteiger partial charge in [-0.05, 0) is 49.9 Å². The molecule has 0 radical (unpaired) electrons. The summed E-state index contributed by atoms with van der Waals surface area (Å²) in [6.07, 6.45) is 7.03. The largest absolute Gasteiger partial charge is 0.310 e. The van der Waals surface area contributed by atoms with E-state index in [2.05, 4.69) is 43.7 Å². The smallest absolute Gasteiger partial charge is 0.0361 e. The van der Waals surface area contributed by atoms with Gasteiger partial charge >= 0.3 is 0 Å². The summed E-state index contributed by atoms with van der Waals surface area (Å²) < 4.78 is 0. The second kappa shape index (κ2) is 7.23. The molecule has 1 heterocycles. The van der Waals surface area contributed by atoms with Crippen LogP contribution in [0.3, 0.4) is 0 Å². The molecule has 1 unspecified atom stereocenters. The highest BCUT2D eigenvalue weighted by Gasteiger charge is 2.13. The molecule has 0 fully saturated rings. The van der Waals surface area contributed by atoms with E-state index in [1.807, 2.05) is 12.4 Å². The maximum atomic E-state index is 4.16. The van der Waals surface area contributed by atoms with Gasteiger partial charge in [0.2, 0.25) is 0 Å². The number of hydrogen-bond donors (Lipinski definition) is 1. The van der Waals surface area contributed by atoms with Gasteiger partial charge in [0, 0.05) is 18.4 Å². The van der Waals surface area contributed by atoms with Crippen LogP contribution in [0.4, 0.5) is 0 Å². The highest BCUT2D eigenvalue weighted by Crippen LogP contribution is 2.24. The molecule has 2 nitrogen and oxygen atoms in total. The first-order chi connectivity index (χ1) is 8.19. The van der Waals surface area contributed by atoms with Crippen LogP contribution in [0.15, 0.2) is 30.6 Å². The molecule has 94 valence electrons. The Kier molecular flexibility index (Phi) is 5.92. The van der Waals surface area contributed by atoms with E-state index in [4.69, 9.17) is 0 Å². The lowest BCUT2D eigenvalue weighted by Crippen LogP contribution is -2.23. The van der Waals surface area contributed by atoms with E-state index in [1.165, 1.54) is 16.7 Å². The number of hydrogen-bond acceptors (Lipinski definition) is 2. The summed E-state index contributed by atoms with van der Waals surface area (Å²) in [5.74, 6) is 0. The first-order valence-electron chi connectivity index (χ1n) is 6.49. The lowest BCUT2D eigenvalue weighted by atomic mass is 9.96. The summed E-state index contributed by atoms with van der Waals surface area (Å²) in [6, 6.07) is 2.50. The zero-order chi connectivity index (χ0) is 12.7. The van der Waals surface area contributed by atoms with Crippen molar-refractivity contribution in [1.82, 2.24) is 10.3 Å². The third-order valence-corrected chi connectivity index (χ3v) is 3.07. The summed E-state index contributed by atoms with van der Waals surface area (Å²) in [5, 5.41) is 3.60. The molecular formula is C15H24N2. The van der Waals surface area contributed by atoms with Crippen molar-refractivity contribution in [1.29, 1.82) is 0 Å². The van der Waals surface area contributed by atoms with Crippen LogP contribution in [0.5, 0.6) is 0 Å². The van der Waals surface area contributed by atoms with Crippen LogP contribution in [0.1, 0.15) is 50.3 Å². The monoisotopic (exact) mass is 232 g/mol. The molecule has 0 aliphatic carbocycles. The molecule has 1 aromatic heterocycles. The fraction of sp³-hybridized carbons (Fsp3) is 0.533. The van der Waals surface area contributed by atoms with Crippen molar-refractivity contribution in [3.8, 4) is 0 Å². The lowest BCUT2D eigenvalue weighted by molar-refractivity contribution is 0.521. The molecule has 0 aromatic carbocycles. The van der Waals surface area contributed by atoms with Crippen molar-refractivity contribution >= 4 is 0 Å². The number of pyridine rings is 1. The second-order valence-electron chi connectivity index (χ2n) is 4.55. The Bertz CT molecular complexity index is 358. The first-order valence-corrected chi connectivity index (χ1v) is 6.49. The highest BCUT2D eigenvalue weighted by molar-refractivity contribution is 5.26. The second-order valence-corrected chi connectivity index (χ2v) is 4.55. The van der Waals surface area contributed by atoms with Gasteiger partial charge in [-0.15, -0.1) is 0 Å². The zero-order valence-corrected chi connectivity index (χ0v) is 11.3. The third-order valence-electron chi connectivity index (χ3n) is 3.07. The Hall–Kier alpha value is -1.15. The summed E-state index contributed by atoms with van der Waals surface area (Å²) in [4.78, 5) is 4.16. The molecule has 0 aliphatic heterocycles. The maximum absolute atomic E-state index is 4.16. The van der Waals surface area contributed by atoms with E-state index in [1.54, 1.807) is 0 Å². The highest BCUT2D eigenvalue weighted by atomic mass is 14.9. The average Bonchev–Trinajstić information content (AvgIpc) is 2.35. The van der Waals surface area contributed by atoms with Gasteiger partial charge in [0.15, 0.2) is 0 Å². The average molecular weight is 232 g/mol. The summed E-state index contributed by atoms with van der Waals surface area (Å²) in [7, 11) is 0. The van der Waals surface area contributed by atoms with Gasteiger partial charge in [-0.25, -0.2) is 0 Å². The van der Waals surface area contributed by atoms with E-state index in [0.29, 0.717) is 6.04 Å². The van der Waals surface area contributed by atoms with Crippen LogP contribution in [0, 0.1) is 6.92 Å². The van der Waals surface area contributed by atoms with Crippen LogP contribution in [0.2, 0.25) is 0 Å². The molecule has 2 heteroatoms. The summed E-state index contributed by atoms with van der Waals surface area (Å²) in [5.41, 5.74) is 3.91. The van der Waals surface area contributed by atoms with Gasteiger partial charge in [-0.2, -0.15) is 0 Å². The van der Waals surface area contributed by atoms with Crippen LogP contribution in [0.25, 0.3) is 0 Å². The molecule has 0 saturated carbocycles. The number of nitrogens with zero attached hydrogens (tertiary/aromatic N) is 1. The fourth-order valence-corrected chi connectivity index (χ4v) is 1.92.